The molecule has 1 aliphatic heterocycles. The Morgan fingerprint density at radius 2 is 1.76 bits per heavy atom. The molecule has 0 radical (unpaired) electrons. The Hall–Kier alpha value is -3.38. The van der Waals surface area contributed by atoms with Crippen LogP contribution in [0, 0.1) is 5.82 Å². The van der Waals surface area contributed by atoms with Gasteiger partial charge in [0.15, 0.2) is 0 Å². The van der Waals surface area contributed by atoms with Gasteiger partial charge in [0, 0.05) is 25.7 Å². The highest BCUT2D eigenvalue weighted by Crippen LogP contribution is 2.24. The number of para-hydroxylation sites is 2. The van der Waals surface area contributed by atoms with Crippen molar-refractivity contribution in [3.05, 3.63) is 89.7 Å². The molecule has 1 aliphatic rings. The number of benzene rings is 3. The van der Waals surface area contributed by atoms with Gasteiger partial charge in [0.05, 0.1) is 24.7 Å². The predicted molar refractivity (Wildman–Crippen MR) is 130 cm³/mol. The van der Waals surface area contributed by atoms with Crippen LogP contribution in [0.15, 0.2) is 72.8 Å². The van der Waals surface area contributed by atoms with E-state index in [0.29, 0.717) is 12.6 Å². The Morgan fingerprint density at radius 1 is 1.00 bits per heavy atom. The molecule has 0 amide bonds. The van der Waals surface area contributed by atoms with Gasteiger partial charge >= 0.3 is 0 Å². The van der Waals surface area contributed by atoms with Gasteiger partial charge in [-0.15, -0.1) is 0 Å². The van der Waals surface area contributed by atoms with E-state index in [-0.39, 0.29) is 5.82 Å². The Bertz CT molecular complexity index is 1200. The highest BCUT2D eigenvalue weighted by Gasteiger charge is 2.24. The van der Waals surface area contributed by atoms with E-state index in [0.717, 1.165) is 60.8 Å². The molecule has 1 atom stereocenters. The van der Waals surface area contributed by atoms with Gasteiger partial charge in [-0.25, -0.2) is 9.37 Å². The van der Waals surface area contributed by atoms with Crippen molar-refractivity contribution in [2.75, 3.05) is 32.1 Å². The molecule has 0 saturated carbocycles. The third-order valence-corrected chi connectivity index (χ3v) is 6.39. The van der Waals surface area contributed by atoms with Crippen molar-refractivity contribution in [2.24, 2.45) is 0 Å². The number of anilines is 1. The molecule has 1 N–H and O–H groups in total. The van der Waals surface area contributed by atoms with Crippen LogP contribution in [0.25, 0.3) is 11.0 Å². The highest BCUT2D eigenvalue weighted by atomic mass is 19.1. The molecular formula is C27H29FN4O. The second kappa shape index (κ2) is 9.63. The molecule has 0 bridgehead atoms. The maximum Gasteiger partial charge on any atom is 0.204 e. The zero-order valence-corrected chi connectivity index (χ0v) is 18.9. The number of hydrogen-bond acceptors (Lipinski definition) is 4. The molecule has 0 spiro atoms. The van der Waals surface area contributed by atoms with Crippen LogP contribution in [0.5, 0.6) is 5.75 Å². The summed E-state index contributed by atoms with van der Waals surface area (Å²) in [5.74, 6) is 1.56. The molecule has 6 heteroatoms. The number of likely N-dealkylation sites (tertiary alicyclic amines) is 1. The minimum absolute atomic E-state index is 0.215. The number of rotatable bonds is 8. The molecule has 1 unspecified atom stereocenters. The van der Waals surface area contributed by atoms with Gasteiger partial charge in [0.2, 0.25) is 5.95 Å². The smallest absolute Gasteiger partial charge is 0.204 e. The topological polar surface area (TPSA) is 42.3 Å². The van der Waals surface area contributed by atoms with Crippen LogP contribution in [-0.2, 0) is 13.0 Å². The molecule has 1 aromatic heterocycles. The lowest BCUT2D eigenvalue weighted by Crippen LogP contribution is -2.28. The van der Waals surface area contributed by atoms with Crippen molar-refractivity contribution >= 4 is 17.0 Å². The fourth-order valence-electron chi connectivity index (χ4n) is 4.53. The van der Waals surface area contributed by atoms with Gasteiger partial charge in [0.25, 0.3) is 0 Å². The van der Waals surface area contributed by atoms with Crippen LogP contribution < -0.4 is 10.1 Å². The molecule has 2 heterocycles. The maximum atomic E-state index is 13.4. The number of nitrogens with zero attached hydrogens (tertiary/aromatic N) is 3. The fourth-order valence-corrected chi connectivity index (χ4v) is 4.53. The standard InChI is InChI=1S/C27H29FN4O/c1-33-24-12-8-20(9-13-24)14-16-31-17-15-23(19-31)29-27-30-25-4-2-3-5-26(25)32(27)18-21-6-10-22(28)11-7-21/h2-13,23H,14-19H2,1H3,(H,29,30). The van der Waals surface area contributed by atoms with Gasteiger partial charge in [-0.3, -0.25) is 0 Å². The largest absolute Gasteiger partial charge is 0.497 e. The van der Waals surface area contributed by atoms with Crippen LogP contribution in [0.3, 0.4) is 0 Å². The maximum absolute atomic E-state index is 13.4. The number of methoxy groups -OCH3 is 1. The van der Waals surface area contributed by atoms with Crippen molar-refractivity contribution < 1.29 is 9.13 Å². The van der Waals surface area contributed by atoms with Crippen LogP contribution in [-0.4, -0.2) is 47.2 Å². The van der Waals surface area contributed by atoms with E-state index >= 15 is 0 Å². The molecule has 170 valence electrons. The van der Waals surface area contributed by atoms with Gasteiger partial charge in [0.1, 0.15) is 11.6 Å². The number of fused-ring (bicyclic) bond motifs is 1. The van der Waals surface area contributed by atoms with Crippen molar-refractivity contribution in [1.29, 1.82) is 0 Å². The highest BCUT2D eigenvalue weighted by molar-refractivity contribution is 5.78. The first-order chi connectivity index (χ1) is 16.2. The van der Waals surface area contributed by atoms with Gasteiger partial charge in [-0.1, -0.05) is 36.4 Å². The van der Waals surface area contributed by atoms with E-state index < -0.39 is 0 Å². The van der Waals surface area contributed by atoms with Crippen LogP contribution in [0.2, 0.25) is 0 Å². The van der Waals surface area contributed by atoms with E-state index in [2.05, 4.69) is 33.0 Å². The molecule has 5 nitrogen and oxygen atoms in total. The van der Waals surface area contributed by atoms with Crippen LogP contribution in [0.1, 0.15) is 17.5 Å². The number of aromatic nitrogens is 2. The first kappa shape index (κ1) is 21.5. The summed E-state index contributed by atoms with van der Waals surface area (Å²) < 4.78 is 20.8. The van der Waals surface area contributed by atoms with E-state index in [9.17, 15) is 4.39 Å². The Labute approximate surface area is 193 Å². The summed E-state index contributed by atoms with van der Waals surface area (Å²) in [4.78, 5) is 7.38. The summed E-state index contributed by atoms with van der Waals surface area (Å²) in [5.41, 5.74) is 4.43. The number of halogens is 1. The second-order valence-electron chi connectivity index (χ2n) is 8.67. The summed E-state index contributed by atoms with van der Waals surface area (Å²) in [6.07, 6.45) is 2.11. The van der Waals surface area contributed by atoms with Gasteiger partial charge in [-0.05, 0) is 60.4 Å². The molecule has 33 heavy (non-hydrogen) atoms. The lowest BCUT2D eigenvalue weighted by molar-refractivity contribution is 0.340. The average molecular weight is 445 g/mol. The molecule has 3 aromatic carbocycles. The monoisotopic (exact) mass is 444 g/mol. The average Bonchev–Trinajstić information content (AvgIpc) is 3.44. The summed E-state index contributed by atoms with van der Waals surface area (Å²) >= 11 is 0. The van der Waals surface area contributed by atoms with E-state index in [1.54, 1.807) is 7.11 Å². The minimum atomic E-state index is -0.215. The van der Waals surface area contributed by atoms with E-state index in [4.69, 9.17) is 9.72 Å². The lowest BCUT2D eigenvalue weighted by atomic mass is 10.1. The third-order valence-electron chi connectivity index (χ3n) is 6.39. The number of imidazole rings is 1. The van der Waals surface area contributed by atoms with Crippen molar-refractivity contribution in [3.63, 3.8) is 0 Å². The zero-order chi connectivity index (χ0) is 22.6. The number of ether oxygens (including phenoxy) is 1. The molecule has 1 fully saturated rings. The van der Waals surface area contributed by atoms with Gasteiger partial charge in [-0.2, -0.15) is 0 Å². The van der Waals surface area contributed by atoms with E-state index in [1.807, 2.05) is 42.5 Å². The molecule has 5 rings (SSSR count). The number of nitrogens with one attached hydrogen (secondary N) is 1. The molecule has 1 saturated heterocycles. The predicted octanol–water partition coefficient (Wildman–Crippen LogP) is 4.96. The summed E-state index contributed by atoms with van der Waals surface area (Å²) in [5, 5.41) is 3.69. The van der Waals surface area contributed by atoms with Crippen LogP contribution >= 0.6 is 0 Å². The Balaban J connectivity index is 1.25. The van der Waals surface area contributed by atoms with Crippen molar-refractivity contribution in [2.45, 2.75) is 25.4 Å². The Kier molecular flexibility index (Phi) is 6.26. The van der Waals surface area contributed by atoms with E-state index in [1.165, 1.54) is 17.7 Å². The molecule has 0 aliphatic carbocycles. The quantitative estimate of drug-likeness (QED) is 0.417. The minimum Gasteiger partial charge on any atom is -0.497 e. The van der Waals surface area contributed by atoms with Gasteiger partial charge < -0.3 is 19.5 Å². The summed E-state index contributed by atoms with van der Waals surface area (Å²) in [6, 6.07) is 23.6. The second-order valence-corrected chi connectivity index (χ2v) is 8.67. The fraction of sp³-hybridized carbons (Fsp3) is 0.296. The lowest BCUT2D eigenvalue weighted by Gasteiger charge is -2.18. The normalized spacial score (nSPS) is 16.4. The molecule has 4 aromatic rings. The summed E-state index contributed by atoms with van der Waals surface area (Å²) in [6.45, 7) is 3.76. The van der Waals surface area contributed by atoms with Crippen molar-refractivity contribution in [3.8, 4) is 5.75 Å². The summed E-state index contributed by atoms with van der Waals surface area (Å²) in [7, 11) is 1.69. The first-order valence-corrected chi connectivity index (χ1v) is 11.5. The SMILES string of the molecule is COc1ccc(CCN2CCC(Nc3nc4ccccc4n3Cc3ccc(F)cc3)C2)cc1. The first-order valence-electron chi connectivity index (χ1n) is 11.5. The third kappa shape index (κ3) is 5.01. The zero-order valence-electron chi connectivity index (χ0n) is 18.9. The Morgan fingerprint density at radius 3 is 2.55 bits per heavy atom. The number of hydrogen-bond donors (Lipinski definition) is 1. The molecular weight excluding hydrogens is 415 g/mol. The van der Waals surface area contributed by atoms with Crippen molar-refractivity contribution in [1.82, 2.24) is 14.5 Å². The van der Waals surface area contributed by atoms with Crippen LogP contribution in [0.4, 0.5) is 10.3 Å².